The van der Waals surface area contributed by atoms with Gasteiger partial charge in [0.25, 0.3) is 5.91 Å². The van der Waals surface area contributed by atoms with Gasteiger partial charge in [0.2, 0.25) is 0 Å². The van der Waals surface area contributed by atoms with E-state index in [1.165, 1.54) is 0 Å². The summed E-state index contributed by atoms with van der Waals surface area (Å²) in [6.45, 7) is 5.74. The fourth-order valence-corrected chi connectivity index (χ4v) is 2.08. The van der Waals surface area contributed by atoms with Gasteiger partial charge in [-0.2, -0.15) is 0 Å². The summed E-state index contributed by atoms with van der Waals surface area (Å²) in [5.41, 5.74) is 0.860. The van der Waals surface area contributed by atoms with E-state index in [4.69, 9.17) is 21.1 Å². The average Bonchev–Trinajstić information content (AvgIpc) is 2.44. The molecule has 0 aliphatic heterocycles. The standard InChI is InChI=1S/C15H23ClN2O3/c1-4-17-8-12-13(16)6-5-7-14(12)21-10-15(19)18-11(2)9-20-3/h5-7,11,17H,4,8-10H2,1-3H3,(H,18,19). The van der Waals surface area contributed by atoms with Crippen molar-refractivity contribution in [1.82, 2.24) is 10.6 Å². The van der Waals surface area contributed by atoms with Crippen LogP contribution in [-0.4, -0.2) is 38.8 Å². The third-order valence-electron chi connectivity index (χ3n) is 2.81. The van der Waals surface area contributed by atoms with Crippen LogP contribution in [0.3, 0.4) is 0 Å². The number of benzene rings is 1. The second-order valence-electron chi connectivity index (χ2n) is 4.71. The molecule has 0 spiro atoms. The molecule has 1 rings (SSSR count). The predicted octanol–water partition coefficient (Wildman–Crippen LogP) is 1.98. The largest absolute Gasteiger partial charge is 0.483 e. The van der Waals surface area contributed by atoms with Gasteiger partial charge in [0.15, 0.2) is 6.61 Å². The van der Waals surface area contributed by atoms with Gasteiger partial charge < -0.3 is 20.1 Å². The molecule has 0 saturated carbocycles. The van der Waals surface area contributed by atoms with E-state index in [2.05, 4.69) is 10.6 Å². The fourth-order valence-electron chi connectivity index (χ4n) is 1.85. The average molecular weight is 315 g/mol. The molecule has 0 radical (unpaired) electrons. The highest BCUT2D eigenvalue weighted by atomic mass is 35.5. The molecule has 0 fully saturated rings. The predicted molar refractivity (Wildman–Crippen MR) is 83.8 cm³/mol. The number of hydrogen-bond donors (Lipinski definition) is 2. The quantitative estimate of drug-likeness (QED) is 0.732. The number of ether oxygens (including phenoxy) is 2. The van der Waals surface area contributed by atoms with Crippen molar-refractivity contribution in [3.63, 3.8) is 0 Å². The van der Waals surface area contributed by atoms with Crippen LogP contribution in [0.4, 0.5) is 0 Å². The number of nitrogens with one attached hydrogen (secondary N) is 2. The van der Waals surface area contributed by atoms with E-state index in [0.717, 1.165) is 12.1 Å². The lowest BCUT2D eigenvalue weighted by atomic mass is 10.2. The molecule has 1 aromatic carbocycles. The van der Waals surface area contributed by atoms with Crippen LogP contribution in [-0.2, 0) is 16.1 Å². The molecule has 0 heterocycles. The third-order valence-corrected chi connectivity index (χ3v) is 3.16. The lowest BCUT2D eigenvalue weighted by Crippen LogP contribution is -2.38. The van der Waals surface area contributed by atoms with Gasteiger partial charge in [-0.15, -0.1) is 0 Å². The zero-order valence-corrected chi connectivity index (χ0v) is 13.5. The van der Waals surface area contributed by atoms with Crippen LogP contribution in [0.1, 0.15) is 19.4 Å². The number of methoxy groups -OCH3 is 1. The van der Waals surface area contributed by atoms with E-state index in [-0.39, 0.29) is 18.6 Å². The summed E-state index contributed by atoms with van der Waals surface area (Å²) in [7, 11) is 1.60. The fraction of sp³-hybridized carbons (Fsp3) is 0.533. The first kappa shape index (κ1) is 17.8. The maximum Gasteiger partial charge on any atom is 0.258 e. The summed E-state index contributed by atoms with van der Waals surface area (Å²) >= 11 is 6.17. The third kappa shape index (κ3) is 6.33. The van der Waals surface area contributed by atoms with Crippen LogP contribution in [0, 0.1) is 0 Å². The van der Waals surface area contributed by atoms with E-state index in [1.54, 1.807) is 13.2 Å². The minimum absolute atomic E-state index is 0.0481. The van der Waals surface area contributed by atoms with Crippen LogP contribution in [0.2, 0.25) is 5.02 Å². The van der Waals surface area contributed by atoms with Crippen molar-refractivity contribution in [2.24, 2.45) is 0 Å². The van der Waals surface area contributed by atoms with Crippen molar-refractivity contribution in [2.75, 3.05) is 26.9 Å². The second kappa shape index (κ2) is 9.60. The zero-order chi connectivity index (χ0) is 15.7. The number of carbonyl (C=O) groups excluding carboxylic acids is 1. The molecule has 21 heavy (non-hydrogen) atoms. The van der Waals surface area contributed by atoms with Crippen LogP contribution in [0.15, 0.2) is 18.2 Å². The maximum absolute atomic E-state index is 11.8. The number of amides is 1. The lowest BCUT2D eigenvalue weighted by Gasteiger charge is -2.15. The van der Waals surface area contributed by atoms with Crippen molar-refractivity contribution in [3.05, 3.63) is 28.8 Å². The van der Waals surface area contributed by atoms with Crippen molar-refractivity contribution in [3.8, 4) is 5.75 Å². The first-order valence-electron chi connectivity index (χ1n) is 6.97. The minimum atomic E-state index is -0.186. The van der Waals surface area contributed by atoms with E-state index in [9.17, 15) is 4.79 Å². The zero-order valence-electron chi connectivity index (χ0n) is 12.7. The number of hydrogen-bond acceptors (Lipinski definition) is 4. The molecule has 2 N–H and O–H groups in total. The first-order valence-corrected chi connectivity index (χ1v) is 7.35. The molecule has 0 aliphatic carbocycles. The summed E-state index contributed by atoms with van der Waals surface area (Å²) in [5, 5.41) is 6.62. The summed E-state index contributed by atoms with van der Waals surface area (Å²) in [4.78, 5) is 11.8. The number of halogens is 1. The molecule has 5 nitrogen and oxygen atoms in total. The number of carbonyl (C=O) groups is 1. The monoisotopic (exact) mass is 314 g/mol. The Morgan fingerprint density at radius 1 is 1.43 bits per heavy atom. The van der Waals surface area contributed by atoms with Crippen molar-refractivity contribution < 1.29 is 14.3 Å². The van der Waals surface area contributed by atoms with Gasteiger partial charge in [-0.05, 0) is 25.6 Å². The normalized spacial score (nSPS) is 12.0. The Hall–Kier alpha value is -1.30. The van der Waals surface area contributed by atoms with E-state index < -0.39 is 0 Å². The highest BCUT2D eigenvalue weighted by Crippen LogP contribution is 2.26. The van der Waals surface area contributed by atoms with Gasteiger partial charge in [-0.1, -0.05) is 24.6 Å². The summed E-state index contributed by atoms with van der Waals surface area (Å²) in [5.74, 6) is 0.437. The highest BCUT2D eigenvalue weighted by Gasteiger charge is 2.11. The minimum Gasteiger partial charge on any atom is -0.483 e. The van der Waals surface area contributed by atoms with Crippen LogP contribution < -0.4 is 15.4 Å². The maximum atomic E-state index is 11.8. The van der Waals surface area contributed by atoms with Gasteiger partial charge >= 0.3 is 0 Å². The summed E-state index contributed by atoms with van der Waals surface area (Å²) in [6.07, 6.45) is 0. The smallest absolute Gasteiger partial charge is 0.258 e. The van der Waals surface area contributed by atoms with Crippen molar-refractivity contribution in [1.29, 1.82) is 0 Å². The van der Waals surface area contributed by atoms with Crippen LogP contribution in [0.5, 0.6) is 5.75 Å². The lowest BCUT2D eigenvalue weighted by molar-refractivity contribution is -0.124. The van der Waals surface area contributed by atoms with Crippen molar-refractivity contribution >= 4 is 17.5 Å². The van der Waals surface area contributed by atoms with Gasteiger partial charge in [0.05, 0.1) is 6.61 Å². The van der Waals surface area contributed by atoms with Crippen LogP contribution >= 0.6 is 11.6 Å². The molecule has 1 amide bonds. The van der Waals surface area contributed by atoms with E-state index >= 15 is 0 Å². The molecule has 1 aromatic rings. The first-order chi connectivity index (χ1) is 10.1. The Morgan fingerprint density at radius 3 is 2.86 bits per heavy atom. The molecule has 1 unspecified atom stereocenters. The van der Waals surface area contributed by atoms with E-state index in [1.807, 2.05) is 26.0 Å². The topological polar surface area (TPSA) is 59.6 Å². The molecule has 0 aromatic heterocycles. The van der Waals surface area contributed by atoms with Crippen molar-refractivity contribution in [2.45, 2.75) is 26.4 Å². The molecule has 118 valence electrons. The second-order valence-corrected chi connectivity index (χ2v) is 5.12. The SMILES string of the molecule is CCNCc1c(Cl)cccc1OCC(=O)NC(C)COC. The van der Waals surface area contributed by atoms with Gasteiger partial charge in [-0.25, -0.2) is 0 Å². The number of rotatable bonds is 9. The van der Waals surface area contributed by atoms with Gasteiger partial charge in [0, 0.05) is 30.3 Å². The molecule has 6 heteroatoms. The molecule has 0 aliphatic rings. The molecule has 1 atom stereocenters. The van der Waals surface area contributed by atoms with Gasteiger partial charge in [0.1, 0.15) is 5.75 Å². The highest BCUT2D eigenvalue weighted by molar-refractivity contribution is 6.31. The van der Waals surface area contributed by atoms with E-state index in [0.29, 0.717) is 23.9 Å². The van der Waals surface area contributed by atoms with Crippen LogP contribution in [0.25, 0.3) is 0 Å². The Morgan fingerprint density at radius 2 is 2.19 bits per heavy atom. The Kier molecular flexibility index (Phi) is 8.12. The Labute approximate surface area is 131 Å². The van der Waals surface area contributed by atoms with Gasteiger partial charge in [-0.3, -0.25) is 4.79 Å². The Balaban J connectivity index is 2.58. The molecule has 0 bridgehead atoms. The summed E-state index contributed by atoms with van der Waals surface area (Å²) in [6, 6.07) is 5.37. The summed E-state index contributed by atoms with van der Waals surface area (Å²) < 4.78 is 10.5. The Bertz CT molecular complexity index is 455. The molecular formula is C15H23ClN2O3. The molecular weight excluding hydrogens is 292 g/mol. The molecule has 0 saturated heterocycles.